The van der Waals surface area contributed by atoms with Gasteiger partial charge in [-0.05, 0) is 24.0 Å². The first-order valence-corrected chi connectivity index (χ1v) is 6.62. The quantitative estimate of drug-likeness (QED) is 0.456. The fourth-order valence-electron chi connectivity index (χ4n) is 1.03. The van der Waals surface area contributed by atoms with Crippen LogP contribution in [0, 0.1) is 23.3 Å². The molecule has 1 heteroatoms. The van der Waals surface area contributed by atoms with Crippen LogP contribution in [-0.4, -0.2) is 8.80 Å². The lowest BCUT2D eigenvalue weighted by molar-refractivity contribution is 1.76. The van der Waals surface area contributed by atoms with E-state index in [2.05, 4.69) is 54.1 Å². The zero-order valence-corrected chi connectivity index (χ0v) is 9.12. The first-order valence-electron chi connectivity index (χ1n) is 4.32. The summed E-state index contributed by atoms with van der Waals surface area (Å²) in [7, 11) is -1.06. The van der Waals surface area contributed by atoms with Crippen molar-refractivity contribution in [3.8, 4) is 23.3 Å². The maximum absolute atomic E-state index is 3.22. The molecule has 0 radical (unpaired) electrons. The fraction of sp³-hybridized carbons (Fsp3) is 0.167. The highest BCUT2D eigenvalue weighted by Gasteiger charge is 2.00. The van der Waals surface area contributed by atoms with E-state index in [9.17, 15) is 0 Å². The minimum atomic E-state index is -1.06. The normalized spacial score (nSPS) is 10.3. The van der Waals surface area contributed by atoms with E-state index in [-0.39, 0.29) is 0 Å². The lowest BCUT2D eigenvalue weighted by Crippen LogP contribution is -2.24. The van der Waals surface area contributed by atoms with Gasteiger partial charge in [-0.2, -0.15) is 0 Å². The Morgan fingerprint density at radius 2 is 1.77 bits per heavy atom. The summed E-state index contributed by atoms with van der Waals surface area (Å²) >= 11 is 0. The summed E-state index contributed by atoms with van der Waals surface area (Å²) in [5.41, 5.74) is 3.22. The minimum absolute atomic E-state index is 1.06. The predicted molar refractivity (Wildman–Crippen MR) is 60.3 cm³/mol. The molecule has 0 bridgehead atoms. The van der Waals surface area contributed by atoms with Crippen LogP contribution in [0.3, 0.4) is 0 Å². The van der Waals surface area contributed by atoms with Crippen molar-refractivity contribution in [3.63, 3.8) is 0 Å². The highest BCUT2D eigenvalue weighted by atomic mass is 28.3. The molecule has 1 unspecified atom stereocenters. The molecule has 0 nitrogen and oxygen atoms in total. The average molecular weight is 184 g/mol. The Labute approximate surface area is 81.6 Å². The summed E-state index contributed by atoms with van der Waals surface area (Å²) in [5, 5.41) is 1.38. The van der Waals surface area contributed by atoms with Gasteiger partial charge in [0.15, 0.2) is 8.80 Å². The molecule has 0 amide bonds. The fourth-order valence-corrected chi connectivity index (χ4v) is 2.29. The molecule has 0 aliphatic rings. The summed E-state index contributed by atoms with van der Waals surface area (Å²) in [6.07, 6.45) is 0. The van der Waals surface area contributed by atoms with Crippen LogP contribution >= 0.6 is 0 Å². The van der Waals surface area contributed by atoms with Crippen LogP contribution in [0.1, 0.15) is 6.92 Å². The van der Waals surface area contributed by atoms with Crippen LogP contribution in [0.25, 0.3) is 0 Å². The van der Waals surface area contributed by atoms with Crippen molar-refractivity contribution in [1.82, 2.24) is 0 Å². The van der Waals surface area contributed by atoms with Crippen LogP contribution < -0.4 is 5.19 Å². The van der Waals surface area contributed by atoms with E-state index in [1.54, 1.807) is 0 Å². The molecular formula is C12H12Si. The monoisotopic (exact) mass is 184 g/mol. The van der Waals surface area contributed by atoms with Crippen LogP contribution in [0.4, 0.5) is 0 Å². The van der Waals surface area contributed by atoms with Gasteiger partial charge in [0.05, 0.1) is 0 Å². The van der Waals surface area contributed by atoms with Crippen molar-refractivity contribution in [2.45, 2.75) is 13.5 Å². The Morgan fingerprint density at radius 3 is 2.38 bits per heavy atom. The Balaban J connectivity index is 2.75. The molecule has 0 aliphatic heterocycles. The smallest absolute Gasteiger partial charge is 0.116 e. The van der Waals surface area contributed by atoms with Gasteiger partial charge in [-0.15, -0.1) is 5.54 Å². The Bertz CT molecular complexity index is 370. The Morgan fingerprint density at radius 1 is 1.08 bits per heavy atom. The summed E-state index contributed by atoms with van der Waals surface area (Å²) in [6.45, 7) is 4.03. The van der Waals surface area contributed by atoms with E-state index in [0.29, 0.717) is 0 Å². The number of hydrogen-bond acceptors (Lipinski definition) is 0. The van der Waals surface area contributed by atoms with E-state index in [0.717, 1.165) is 0 Å². The van der Waals surface area contributed by atoms with Crippen LogP contribution in [0.5, 0.6) is 0 Å². The molecule has 0 aliphatic carbocycles. The summed E-state index contributed by atoms with van der Waals surface area (Å²) in [4.78, 5) is 0. The molecule has 0 spiro atoms. The van der Waals surface area contributed by atoms with Gasteiger partial charge in [0.1, 0.15) is 0 Å². The van der Waals surface area contributed by atoms with Gasteiger partial charge in [-0.1, -0.05) is 42.8 Å². The second-order valence-electron chi connectivity index (χ2n) is 2.78. The zero-order chi connectivity index (χ0) is 9.52. The van der Waals surface area contributed by atoms with Crippen molar-refractivity contribution >= 4 is 14.0 Å². The van der Waals surface area contributed by atoms with Gasteiger partial charge < -0.3 is 0 Å². The molecule has 1 aromatic rings. The zero-order valence-electron chi connectivity index (χ0n) is 7.96. The average Bonchev–Trinajstić information content (AvgIpc) is 2.19. The van der Waals surface area contributed by atoms with Gasteiger partial charge in [0.25, 0.3) is 0 Å². The third kappa shape index (κ3) is 3.19. The molecule has 1 aromatic carbocycles. The summed E-state index contributed by atoms with van der Waals surface area (Å²) in [6, 6.07) is 10.4. The molecule has 64 valence electrons. The van der Waals surface area contributed by atoms with Crippen molar-refractivity contribution in [3.05, 3.63) is 30.3 Å². The molecule has 0 N–H and O–H groups in total. The topological polar surface area (TPSA) is 0 Å². The molecule has 0 heterocycles. The van der Waals surface area contributed by atoms with E-state index in [1.807, 2.05) is 13.0 Å². The SMILES string of the molecule is CC#CC#C[SiH](C)c1ccccc1. The Hall–Kier alpha value is -1.44. The highest BCUT2D eigenvalue weighted by Crippen LogP contribution is 1.86. The first kappa shape index (κ1) is 9.64. The van der Waals surface area contributed by atoms with Crippen LogP contribution in [-0.2, 0) is 0 Å². The van der Waals surface area contributed by atoms with Crippen molar-refractivity contribution < 1.29 is 0 Å². The van der Waals surface area contributed by atoms with E-state index >= 15 is 0 Å². The third-order valence-electron chi connectivity index (χ3n) is 1.78. The van der Waals surface area contributed by atoms with Crippen LogP contribution in [0.2, 0.25) is 6.55 Å². The van der Waals surface area contributed by atoms with Gasteiger partial charge in [0, 0.05) is 0 Å². The van der Waals surface area contributed by atoms with Crippen molar-refractivity contribution in [1.29, 1.82) is 0 Å². The molecule has 0 saturated heterocycles. The van der Waals surface area contributed by atoms with Gasteiger partial charge in [-0.3, -0.25) is 0 Å². The molecule has 1 atom stereocenters. The molecule has 0 fully saturated rings. The van der Waals surface area contributed by atoms with Gasteiger partial charge >= 0.3 is 0 Å². The molecule has 1 rings (SSSR count). The lowest BCUT2D eigenvalue weighted by atomic mass is 10.4. The molecule has 13 heavy (non-hydrogen) atoms. The molecular weight excluding hydrogens is 172 g/mol. The second kappa shape index (κ2) is 5.25. The second-order valence-corrected chi connectivity index (χ2v) is 5.18. The highest BCUT2D eigenvalue weighted by molar-refractivity contribution is 6.79. The number of rotatable bonds is 1. The van der Waals surface area contributed by atoms with E-state index in [1.165, 1.54) is 5.19 Å². The van der Waals surface area contributed by atoms with Gasteiger partial charge in [0.2, 0.25) is 0 Å². The Kier molecular flexibility index (Phi) is 3.89. The summed E-state index contributed by atoms with van der Waals surface area (Å²) < 4.78 is 0. The lowest BCUT2D eigenvalue weighted by Gasteiger charge is -1.99. The molecule has 0 saturated carbocycles. The third-order valence-corrected chi connectivity index (χ3v) is 3.74. The summed E-state index contributed by atoms with van der Waals surface area (Å²) in [5.74, 6) is 8.43. The number of hydrogen-bond donors (Lipinski definition) is 0. The largest absolute Gasteiger partial charge is 0.151 e. The van der Waals surface area contributed by atoms with E-state index in [4.69, 9.17) is 0 Å². The maximum atomic E-state index is 3.22. The predicted octanol–water partition coefficient (Wildman–Crippen LogP) is 1.32. The van der Waals surface area contributed by atoms with Crippen LogP contribution in [0.15, 0.2) is 30.3 Å². The molecule has 0 aromatic heterocycles. The minimum Gasteiger partial charge on any atom is -0.116 e. The maximum Gasteiger partial charge on any atom is 0.151 e. The standard InChI is InChI=1S/C12H12Si/c1-3-4-8-11-13(2)12-9-6-5-7-10-12/h5-7,9-10,13H,1-2H3. The van der Waals surface area contributed by atoms with Crippen molar-refractivity contribution in [2.75, 3.05) is 0 Å². The van der Waals surface area contributed by atoms with E-state index < -0.39 is 8.80 Å². The van der Waals surface area contributed by atoms with Crippen molar-refractivity contribution in [2.24, 2.45) is 0 Å². The first-order chi connectivity index (χ1) is 6.34. The number of benzene rings is 1. The van der Waals surface area contributed by atoms with Gasteiger partial charge in [-0.25, -0.2) is 0 Å².